The number of anilines is 1. The predicted molar refractivity (Wildman–Crippen MR) is 106 cm³/mol. The Bertz CT molecular complexity index is 1110. The maximum Gasteiger partial charge on any atom is 0.248 e. The maximum atomic E-state index is 13.2. The van der Waals surface area contributed by atoms with Crippen molar-refractivity contribution < 1.29 is 9.18 Å². The number of nitrogens with zero attached hydrogens (tertiary/aromatic N) is 1. The molecule has 3 aromatic carbocycles. The molecule has 4 aromatic rings. The predicted octanol–water partition coefficient (Wildman–Crippen LogP) is 5.02. The summed E-state index contributed by atoms with van der Waals surface area (Å²) in [5.41, 5.74) is 3.85. The highest BCUT2D eigenvalue weighted by Crippen LogP contribution is 2.27. The molecule has 0 aliphatic heterocycles. The molecular weight excluding hydrogens is 341 g/mol. The van der Waals surface area contributed by atoms with Crippen LogP contribution < -0.4 is 5.32 Å². The van der Waals surface area contributed by atoms with Gasteiger partial charge in [-0.1, -0.05) is 36.4 Å². The SMILES string of the molecule is O=C(/C=C/c1cccc(F)c1)Nc1ccccc1-c1nc2ccccc2[nH]1. The van der Waals surface area contributed by atoms with Crippen LogP contribution in [-0.4, -0.2) is 15.9 Å². The number of amides is 1. The van der Waals surface area contributed by atoms with Gasteiger partial charge in [0.2, 0.25) is 5.91 Å². The van der Waals surface area contributed by atoms with Gasteiger partial charge in [-0.15, -0.1) is 0 Å². The number of aromatic nitrogens is 2. The summed E-state index contributed by atoms with van der Waals surface area (Å²) in [7, 11) is 0. The largest absolute Gasteiger partial charge is 0.338 e. The highest BCUT2D eigenvalue weighted by molar-refractivity contribution is 6.04. The number of carbonyl (C=O) groups excluding carboxylic acids is 1. The van der Waals surface area contributed by atoms with E-state index in [-0.39, 0.29) is 11.7 Å². The van der Waals surface area contributed by atoms with Crippen LogP contribution in [0.3, 0.4) is 0 Å². The van der Waals surface area contributed by atoms with Crippen molar-refractivity contribution in [2.45, 2.75) is 0 Å². The number of nitrogens with one attached hydrogen (secondary N) is 2. The summed E-state index contributed by atoms with van der Waals surface area (Å²) in [4.78, 5) is 20.2. The lowest BCUT2D eigenvalue weighted by molar-refractivity contribution is -0.111. The first kappa shape index (κ1) is 16.7. The lowest BCUT2D eigenvalue weighted by Gasteiger charge is -2.07. The molecule has 0 unspecified atom stereocenters. The van der Waals surface area contributed by atoms with Gasteiger partial charge in [-0.2, -0.15) is 0 Å². The minimum Gasteiger partial charge on any atom is -0.338 e. The zero-order valence-corrected chi connectivity index (χ0v) is 14.3. The highest BCUT2D eigenvalue weighted by atomic mass is 19.1. The van der Waals surface area contributed by atoms with Crippen LogP contribution in [0, 0.1) is 5.82 Å². The zero-order chi connectivity index (χ0) is 18.6. The number of benzene rings is 3. The van der Waals surface area contributed by atoms with E-state index in [2.05, 4.69) is 15.3 Å². The standard InChI is InChI=1S/C22H16FN3O/c23-16-7-5-6-15(14-16)12-13-21(27)24-18-9-2-1-8-17(18)22-25-19-10-3-4-11-20(19)26-22/h1-14H,(H,24,27)(H,25,26)/b13-12+. The van der Waals surface area contributed by atoms with Crippen molar-refractivity contribution in [2.24, 2.45) is 0 Å². The number of hydrogen-bond acceptors (Lipinski definition) is 2. The Morgan fingerprint density at radius 3 is 2.67 bits per heavy atom. The summed E-state index contributed by atoms with van der Waals surface area (Å²) in [5.74, 6) is 0.0387. The third-order valence-corrected chi connectivity index (χ3v) is 4.11. The summed E-state index contributed by atoms with van der Waals surface area (Å²) in [5, 5.41) is 2.86. The first-order chi connectivity index (χ1) is 13.2. The van der Waals surface area contributed by atoms with E-state index in [1.54, 1.807) is 18.2 Å². The van der Waals surface area contributed by atoms with Gasteiger partial charge < -0.3 is 10.3 Å². The molecule has 132 valence electrons. The van der Waals surface area contributed by atoms with E-state index in [0.717, 1.165) is 16.6 Å². The number of hydrogen-bond donors (Lipinski definition) is 2. The van der Waals surface area contributed by atoms with Crippen LogP contribution in [0.2, 0.25) is 0 Å². The van der Waals surface area contributed by atoms with Crippen LogP contribution in [0.5, 0.6) is 0 Å². The molecule has 0 bridgehead atoms. The van der Waals surface area contributed by atoms with Gasteiger partial charge in [0.25, 0.3) is 0 Å². The van der Waals surface area contributed by atoms with Gasteiger partial charge in [-0.05, 0) is 48.0 Å². The van der Waals surface area contributed by atoms with Gasteiger partial charge in [0.05, 0.1) is 16.7 Å². The molecule has 1 amide bonds. The zero-order valence-electron chi connectivity index (χ0n) is 14.3. The summed E-state index contributed by atoms with van der Waals surface area (Å²) in [6.45, 7) is 0. The van der Waals surface area contributed by atoms with E-state index in [4.69, 9.17) is 0 Å². The number of halogens is 1. The summed E-state index contributed by atoms with van der Waals surface area (Å²) in [6.07, 6.45) is 2.95. The van der Waals surface area contributed by atoms with Gasteiger partial charge in [-0.25, -0.2) is 9.37 Å². The Balaban J connectivity index is 1.58. The van der Waals surface area contributed by atoms with Crippen molar-refractivity contribution in [2.75, 3.05) is 5.32 Å². The Morgan fingerprint density at radius 1 is 1.00 bits per heavy atom. The molecule has 4 rings (SSSR count). The van der Waals surface area contributed by atoms with Gasteiger partial charge in [-0.3, -0.25) is 4.79 Å². The quantitative estimate of drug-likeness (QED) is 0.504. The molecule has 0 atom stereocenters. The summed E-state index contributed by atoms with van der Waals surface area (Å²) >= 11 is 0. The maximum absolute atomic E-state index is 13.2. The second kappa shape index (κ2) is 7.25. The van der Waals surface area contributed by atoms with Crippen LogP contribution in [-0.2, 0) is 4.79 Å². The molecule has 0 saturated carbocycles. The molecule has 0 aliphatic carbocycles. The lowest BCUT2D eigenvalue weighted by atomic mass is 10.1. The van der Waals surface area contributed by atoms with E-state index < -0.39 is 0 Å². The minimum atomic E-state index is -0.340. The smallest absolute Gasteiger partial charge is 0.248 e. The average Bonchev–Trinajstić information content (AvgIpc) is 3.11. The second-order valence-electron chi connectivity index (χ2n) is 6.03. The number of H-pyrrole nitrogens is 1. The number of fused-ring (bicyclic) bond motifs is 1. The molecule has 0 aliphatic rings. The van der Waals surface area contributed by atoms with Crippen LogP contribution in [0.4, 0.5) is 10.1 Å². The van der Waals surface area contributed by atoms with Gasteiger partial charge >= 0.3 is 0 Å². The van der Waals surface area contributed by atoms with Crippen LogP contribution >= 0.6 is 0 Å². The van der Waals surface area contributed by atoms with Crippen molar-refractivity contribution in [1.29, 1.82) is 0 Å². The normalized spacial score (nSPS) is 11.1. The van der Waals surface area contributed by atoms with Crippen molar-refractivity contribution in [3.63, 3.8) is 0 Å². The van der Waals surface area contributed by atoms with Gasteiger partial charge in [0.1, 0.15) is 11.6 Å². The first-order valence-corrected chi connectivity index (χ1v) is 8.48. The van der Waals surface area contributed by atoms with E-state index in [1.165, 1.54) is 18.2 Å². The van der Waals surface area contributed by atoms with E-state index >= 15 is 0 Å². The van der Waals surface area contributed by atoms with Gasteiger partial charge in [0, 0.05) is 11.6 Å². The number of imidazole rings is 1. The Morgan fingerprint density at radius 2 is 1.81 bits per heavy atom. The molecule has 1 heterocycles. The van der Waals surface area contributed by atoms with Crippen molar-refractivity contribution >= 4 is 28.7 Å². The fourth-order valence-corrected chi connectivity index (χ4v) is 2.84. The summed E-state index contributed by atoms with van der Waals surface area (Å²) < 4.78 is 13.2. The lowest BCUT2D eigenvalue weighted by Crippen LogP contribution is -2.08. The molecule has 0 fully saturated rings. The van der Waals surface area contributed by atoms with Crippen molar-refractivity contribution in [1.82, 2.24) is 9.97 Å². The van der Waals surface area contributed by atoms with Crippen LogP contribution in [0.25, 0.3) is 28.5 Å². The number of para-hydroxylation sites is 3. The Hall–Kier alpha value is -3.73. The average molecular weight is 357 g/mol. The van der Waals surface area contributed by atoms with E-state index in [9.17, 15) is 9.18 Å². The Kier molecular flexibility index (Phi) is 4.49. The van der Waals surface area contributed by atoms with Crippen molar-refractivity contribution in [3.8, 4) is 11.4 Å². The third-order valence-electron chi connectivity index (χ3n) is 4.11. The summed E-state index contributed by atoms with van der Waals surface area (Å²) in [6, 6.07) is 21.3. The number of carbonyl (C=O) groups is 1. The van der Waals surface area contributed by atoms with E-state index in [0.29, 0.717) is 17.1 Å². The fraction of sp³-hybridized carbons (Fsp3) is 0. The topological polar surface area (TPSA) is 57.8 Å². The third kappa shape index (κ3) is 3.77. The van der Waals surface area contributed by atoms with Crippen molar-refractivity contribution in [3.05, 3.63) is 90.3 Å². The molecule has 0 spiro atoms. The number of rotatable bonds is 4. The molecule has 5 heteroatoms. The number of aromatic amines is 1. The molecule has 27 heavy (non-hydrogen) atoms. The van der Waals surface area contributed by atoms with Crippen LogP contribution in [0.1, 0.15) is 5.56 Å². The monoisotopic (exact) mass is 357 g/mol. The molecule has 2 N–H and O–H groups in total. The Labute approximate surface area is 155 Å². The van der Waals surface area contributed by atoms with Gasteiger partial charge in [0.15, 0.2) is 0 Å². The fourth-order valence-electron chi connectivity index (χ4n) is 2.84. The van der Waals surface area contributed by atoms with E-state index in [1.807, 2.05) is 48.5 Å². The highest BCUT2D eigenvalue weighted by Gasteiger charge is 2.10. The molecule has 4 nitrogen and oxygen atoms in total. The molecule has 1 aromatic heterocycles. The first-order valence-electron chi connectivity index (χ1n) is 8.48. The molecule has 0 radical (unpaired) electrons. The molecule has 0 saturated heterocycles. The minimum absolute atomic E-state index is 0.303. The molecular formula is C22H16FN3O. The van der Waals surface area contributed by atoms with Crippen LogP contribution in [0.15, 0.2) is 78.9 Å². The second-order valence-corrected chi connectivity index (χ2v) is 6.03.